The molecule has 0 aliphatic carbocycles. The van der Waals surface area contributed by atoms with Crippen LogP contribution in [0.4, 0.5) is 4.79 Å². The molecule has 0 radical (unpaired) electrons. The molecule has 0 spiro atoms. The van der Waals surface area contributed by atoms with Crippen LogP contribution in [0, 0.1) is 0 Å². The lowest BCUT2D eigenvalue weighted by Crippen LogP contribution is -2.50. The normalized spacial score (nSPS) is 13.8. The van der Waals surface area contributed by atoms with Gasteiger partial charge in [-0.3, -0.25) is 14.6 Å². The smallest absolute Gasteiger partial charge is 0.408 e. The van der Waals surface area contributed by atoms with E-state index in [0.717, 1.165) is 5.56 Å². The van der Waals surface area contributed by atoms with Gasteiger partial charge in [0.1, 0.15) is 19.2 Å². The summed E-state index contributed by atoms with van der Waals surface area (Å²) in [6.45, 7) is 1.49. The molecule has 0 aromatic heterocycles. The van der Waals surface area contributed by atoms with Crippen molar-refractivity contribution in [3.8, 4) is 0 Å². The van der Waals surface area contributed by atoms with E-state index >= 15 is 0 Å². The minimum atomic E-state index is -1.13. The number of allylic oxidation sites excluding steroid dienone is 2. The predicted octanol–water partition coefficient (Wildman–Crippen LogP) is 2.52. The van der Waals surface area contributed by atoms with Crippen LogP contribution in [0.3, 0.4) is 0 Å². The van der Waals surface area contributed by atoms with Gasteiger partial charge in [-0.15, -0.1) is 0 Å². The molecule has 1 aromatic rings. The molecule has 0 fully saturated rings. The lowest BCUT2D eigenvalue weighted by atomic mass is 10.1. The van der Waals surface area contributed by atoms with Gasteiger partial charge in [-0.05, 0) is 12.5 Å². The highest BCUT2D eigenvalue weighted by Gasteiger charge is 2.28. The van der Waals surface area contributed by atoms with Crippen LogP contribution in [-0.4, -0.2) is 53.3 Å². The van der Waals surface area contributed by atoms with Gasteiger partial charge in [-0.1, -0.05) is 48.6 Å². The number of rotatable bonds is 10. The summed E-state index contributed by atoms with van der Waals surface area (Å²) >= 11 is 0. The van der Waals surface area contributed by atoms with E-state index in [0.29, 0.717) is 12.1 Å². The Hall–Kier alpha value is -3.42. The van der Waals surface area contributed by atoms with Crippen LogP contribution in [0.1, 0.15) is 25.3 Å². The maximum absolute atomic E-state index is 13.0. The molecule has 1 aliphatic rings. The zero-order chi connectivity index (χ0) is 21.1. The van der Waals surface area contributed by atoms with E-state index in [4.69, 9.17) is 9.84 Å². The second-order valence-corrected chi connectivity index (χ2v) is 6.39. The van der Waals surface area contributed by atoms with Crippen molar-refractivity contribution in [3.63, 3.8) is 0 Å². The Labute approximate surface area is 169 Å². The Morgan fingerprint density at radius 3 is 2.69 bits per heavy atom. The summed E-state index contributed by atoms with van der Waals surface area (Å²) in [4.78, 5) is 41.7. The van der Waals surface area contributed by atoms with Gasteiger partial charge in [0.2, 0.25) is 5.91 Å². The lowest BCUT2D eigenvalue weighted by Gasteiger charge is -2.25. The molecule has 154 valence electrons. The molecule has 1 heterocycles. The molecule has 8 nitrogen and oxygen atoms in total. The molecule has 1 aliphatic heterocycles. The highest BCUT2D eigenvalue weighted by atomic mass is 16.5. The van der Waals surface area contributed by atoms with Crippen molar-refractivity contribution in [3.05, 3.63) is 59.8 Å². The largest absolute Gasteiger partial charge is 0.480 e. The fourth-order valence-corrected chi connectivity index (χ4v) is 2.71. The number of hydrogen-bond acceptors (Lipinski definition) is 5. The second kappa shape index (κ2) is 11.4. The molecule has 1 unspecified atom stereocenters. The number of nitrogens with one attached hydrogen (secondary N) is 1. The average Bonchev–Trinajstić information content (AvgIpc) is 3.22. The standard InChI is InChI=1S/C21H25N3O5/c1-2-3-12-24(14-19(25)26)20(27)18(13-17-10-7-11-22-17)23-21(28)29-15-16-8-5-4-6-9-16/h2-6,8-11,18H,7,12-15H2,1H3,(H,23,28)(H,25,26)/b3-2+. The van der Waals surface area contributed by atoms with Gasteiger partial charge in [0, 0.05) is 31.3 Å². The number of carbonyl (C=O) groups is 3. The zero-order valence-corrected chi connectivity index (χ0v) is 16.3. The van der Waals surface area contributed by atoms with Crippen LogP contribution in [-0.2, 0) is 20.9 Å². The zero-order valence-electron chi connectivity index (χ0n) is 16.3. The van der Waals surface area contributed by atoms with Crippen molar-refractivity contribution in [2.24, 2.45) is 4.99 Å². The number of nitrogens with zero attached hydrogens (tertiary/aromatic N) is 2. The van der Waals surface area contributed by atoms with Crippen LogP contribution >= 0.6 is 0 Å². The van der Waals surface area contributed by atoms with Crippen molar-refractivity contribution < 1.29 is 24.2 Å². The average molecular weight is 399 g/mol. The van der Waals surface area contributed by atoms with Crippen LogP contribution in [0.2, 0.25) is 0 Å². The minimum absolute atomic E-state index is 0.0614. The number of carboxylic acid groups (broad SMARTS) is 1. The highest BCUT2D eigenvalue weighted by molar-refractivity contribution is 5.88. The molecular weight excluding hydrogens is 374 g/mol. The summed E-state index contributed by atoms with van der Waals surface area (Å²) in [6.07, 6.45) is 7.02. The Kier molecular flexibility index (Phi) is 8.62. The molecule has 0 saturated carbocycles. The van der Waals surface area contributed by atoms with Gasteiger partial charge >= 0.3 is 12.1 Å². The number of ether oxygens (including phenoxy) is 1. The molecule has 0 saturated heterocycles. The number of aliphatic imine (C=N–C) groups is 1. The lowest BCUT2D eigenvalue weighted by molar-refractivity contribution is -0.144. The van der Waals surface area contributed by atoms with Gasteiger partial charge < -0.3 is 20.1 Å². The third-order valence-corrected chi connectivity index (χ3v) is 4.13. The molecular formula is C21H25N3O5. The van der Waals surface area contributed by atoms with E-state index in [1.54, 1.807) is 25.3 Å². The van der Waals surface area contributed by atoms with Crippen LogP contribution in [0.25, 0.3) is 0 Å². The fourth-order valence-electron chi connectivity index (χ4n) is 2.71. The summed E-state index contributed by atoms with van der Waals surface area (Å²) in [6, 6.07) is 8.18. The number of alkyl carbamates (subject to hydrolysis) is 1. The molecule has 8 heteroatoms. The summed E-state index contributed by atoms with van der Waals surface area (Å²) in [5.41, 5.74) is 1.47. The van der Waals surface area contributed by atoms with Gasteiger partial charge in [-0.25, -0.2) is 4.79 Å². The predicted molar refractivity (Wildman–Crippen MR) is 108 cm³/mol. The number of aliphatic carboxylic acids is 1. The SMILES string of the molecule is C/C=C/CN(CC(=O)O)C(=O)C(CC1=CCC=N1)NC(=O)OCc1ccccc1. The van der Waals surface area contributed by atoms with Crippen LogP contribution in [0.5, 0.6) is 0 Å². The van der Waals surface area contributed by atoms with E-state index < -0.39 is 30.6 Å². The molecule has 2 amide bonds. The maximum atomic E-state index is 13.0. The molecule has 0 bridgehead atoms. The van der Waals surface area contributed by atoms with Crippen LogP contribution in [0.15, 0.2) is 59.2 Å². The Morgan fingerprint density at radius 1 is 1.31 bits per heavy atom. The summed E-state index contributed by atoms with van der Waals surface area (Å²) in [7, 11) is 0. The maximum Gasteiger partial charge on any atom is 0.408 e. The van der Waals surface area contributed by atoms with E-state index in [1.807, 2.05) is 36.4 Å². The van der Waals surface area contributed by atoms with Gasteiger partial charge in [0.25, 0.3) is 0 Å². The van der Waals surface area contributed by atoms with E-state index in [2.05, 4.69) is 10.3 Å². The fraction of sp³-hybridized carbons (Fsp3) is 0.333. The Balaban J connectivity index is 2.07. The number of hydrogen-bond donors (Lipinski definition) is 2. The van der Waals surface area contributed by atoms with Gasteiger partial charge in [-0.2, -0.15) is 0 Å². The van der Waals surface area contributed by atoms with Crippen molar-refractivity contribution in [1.29, 1.82) is 0 Å². The number of benzene rings is 1. The summed E-state index contributed by atoms with van der Waals surface area (Å²) < 4.78 is 5.21. The van der Waals surface area contributed by atoms with Crippen LogP contribution < -0.4 is 5.32 Å². The Morgan fingerprint density at radius 2 is 2.07 bits per heavy atom. The summed E-state index contributed by atoms with van der Waals surface area (Å²) in [5.74, 6) is -1.64. The van der Waals surface area contributed by atoms with Crippen molar-refractivity contribution in [2.45, 2.75) is 32.4 Å². The first-order valence-corrected chi connectivity index (χ1v) is 9.30. The monoisotopic (exact) mass is 399 g/mol. The molecule has 1 atom stereocenters. The van der Waals surface area contributed by atoms with Crippen molar-refractivity contribution in [1.82, 2.24) is 10.2 Å². The van der Waals surface area contributed by atoms with E-state index in [-0.39, 0.29) is 19.6 Å². The minimum Gasteiger partial charge on any atom is -0.480 e. The molecule has 2 N–H and O–H groups in total. The van der Waals surface area contributed by atoms with Crippen molar-refractivity contribution >= 4 is 24.2 Å². The number of carbonyl (C=O) groups excluding carboxylic acids is 2. The number of amides is 2. The van der Waals surface area contributed by atoms with Gasteiger partial charge in [0.15, 0.2) is 0 Å². The Bertz CT molecular complexity index is 802. The number of carboxylic acids is 1. The topological polar surface area (TPSA) is 108 Å². The summed E-state index contributed by atoms with van der Waals surface area (Å²) in [5, 5.41) is 11.7. The van der Waals surface area contributed by atoms with Gasteiger partial charge in [0.05, 0.1) is 0 Å². The first-order chi connectivity index (χ1) is 14.0. The first kappa shape index (κ1) is 21.9. The molecule has 29 heavy (non-hydrogen) atoms. The van der Waals surface area contributed by atoms with Crippen molar-refractivity contribution in [2.75, 3.05) is 13.1 Å². The second-order valence-electron chi connectivity index (χ2n) is 6.39. The first-order valence-electron chi connectivity index (χ1n) is 9.30. The van der Waals surface area contributed by atoms with E-state index in [1.165, 1.54) is 4.90 Å². The molecule has 1 aromatic carbocycles. The third-order valence-electron chi connectivity index (χ3n) is 4.13. The van der Waals surface area contributed by atoms with E-state index in [9.17, 15) is 14.4 Å². The molecule has 2 rings (SSSR count). The third kappa shape index (κ3) is 7.61. The highest BCUT2D eigenvalue weighted by Crippen LogP contribution is 2.15. The quantitative estimate of drug-likeness (QED) is 0.588.